The number of nitrogen functional groups attached to an aromatic ring is 1. The van der Waals surface area contributed by atoms with Gasteiger partial charge in [0.1, 0.15) is 5.84 Å². The van der Waals surface area contributed by atoms with Crippen LogP contribution in [0.5, 0.6) is 0 Å². The number of piperidine rings is 1. The summed E-state index contributed by atoms with van der Waals surface area (Å²) in [5, 5.41) is 7.80. The highest BCUT2D eigenvalue weighted by atomic mass is 15.1. The number of benzene rings is 1. The van der Waals surface area contributed by atoms with Crippen molar-refractivity contribution in [2.75, 3.05) is 18.0 Å². The van der Waals surface area contributed by atoms with E-state index in [4.69, 9.17) is 11.1 Å². The molecule has 2 fully saturated rings. The molecule has 1 aliphatic heterocycles. The van der Waals surface area contributed by atoms with Gasteiger partial charge in [0.25, 0.3) is 0 Å². The van der Waals surface area contributed by atoms with Crippen molar-refractivity contribution in [3.8, 4) is 0 Å². The maximum absolute atomic E-state index is 7.80. The Bertz CT molecular complexity index is 505. The van der Waals surface area contributed by atoms with Crippen LogP contribution in [0, 0.1) is 17.7 Å². The second kappa shape index (κ2) is 5.12. The van der Waals surface area contributed by atoms with Crippen molar-refractivity contribution in [2.24, 2.45) is 11.1 Å². The van der Waals surface area contributed by atoms with E-state index in [1.54, 1.807) is 0 Å². The van der Waals surface area contributed by atoms with Crippen LogP contribution in [-0.4, -0.2) is 18.9 Å². The molecule has 0 amide bonds. The molecule has 3 rings (SSSR count). The Labute approximate surface area is 121 Å². The van der Waals surface area contributed by atoms with Gasteiger partial charge in [-0.25, -0.2) is 0 Å². The molecule has 0 aromatic heterocycles. The summed E-state index contributed by atoms with van der Waals surface area (Å²) in [5.74, 6) is 0.185. The summed E-state index contributed by atoms with van der Waals surface area (Å²) in [6.07, 6.45) is 8.30. The standard InChI is InChI=1S/C17H25N3/c1-13-4-5-15(14(12-13)16(18)19)20-10-8-17(9-11-20)6-2-3-7-17/h4-5,12H,2-3,6-11H2,1H3,(H3,18,19). The highest BCUT2D eigenvalue weighted by molar-refractivity contribution is 6.00. The number of anilines is 1. The predicted octanol–water partition coefficient (Wildman–Crippen LogP) is 3.44. The second-order valence-corrected chi connectivity index (χ2v) is 6.63. The third-order valence-corrected chi connectivity index (χ3v) is 5.27. The third kappa shape index (κ3) is 2.41. The van der Waals surface area contributed by atoms with Gasteiger partial charge in [-0.05, 0) is 50.2 Å². The Kier molecular flexibility index (Phi) is 3.45. The number of nitrogens with one attached hydrogen (secondary N) is 1. The molecule has 0 atom stereocenters. The van der Waals surface area contributed by atoms with Gasteiger partial charge in [0, 0.05) is 24.3 Å². The van der Waals surface area contributed by atoms with Crippen LogP contribution in [0.3, 0.4) is 0 Å². The fraction of sp³-hybridized carbons (Fsp3) is 0.588. The molecule has 1 aromatic carbocycles. The molecule has 1 saturated carbocycles. The molecule has 0 unspecified atom stereocenters. The summed E-state index contributed by atoms with van der Waals surface area (Å²) in [6, 6.07) is 6.30. The van der Waals surface area contributed by atoms with Gasteiger partial charge in [0.2, 0.25) is 0 Å². The van der Waals surface area contributed by atoms with Crippen LogP contribution in [0.15, 0.2) is 18.2 Å². The topological polar surface area (TPSA) is 53.1 Å². The van der Waals surface area contributed by atoms with E-state index in [0.717, 1.165) is 24.3 Å². The zero-order valence-electron chi connectivity index (χ0n) is 12.4. The van der Waals surface area contributed by atoms with Crippen LogP contribution in [0.4, 0.5) is 5.69 Å². The summed E-state index contributed by atoms with van der Waals surface area (Å²) >= 11 is 0. The zero-order chi connectivity index (χ0) is 14.2. The lowest BCUT2D eigenvalue weighted by atomic mass is 9.77. The smallest absolute Gasteiger partial charge is 0.124 e. The van der Waals surface area contributed by atoms with Crippen molar-refractivity contribution < 1.29 is 0 Å². The molecule has 1 spiro atoms. The van der Waals surface area contributed by atoms with Crippen molar-refractivity contribution in [1.29, 1.82) is 5.41 Å². The average Bonchev–Trinajstić information content (AvgIpc) is 2.88. The van der Waals surface area contributed by atoms with E-state index >= 15 is 0 Å². The quantitative estimate of drug-likeness (QED) is 0.639. The number of amidine groups is 1. The predicted molar refractivity (Wildman–Crippen MR) is 84.5 cm³/mol. The van der Waals surface area contributed by atoms with E-state index in [9.17, 15) is 0 Å². The number of aryl methyl sites for hydroxylation is 1. The van der Waals surface area contributed by atoms with E-state index in [1.807, 2.05) is 6.07 Å². The molecule has 0 bridgehead atoms. The molecule has 3 N–H and O–H groups in total. The molecular formula is C17H25N3. The first kappa shape index (κ1) is 13.5. The summed E-state index contributed by atoms with van der Waals surface area (Å²) in [6.45, 7) is 4.28. The van der Waals surface area contributed by atoms with Gasteiger partial charge < -0.3 is 10.6 Å². The van der Waals surface area contributed by atoms with Crippen LogP contribution in [0.1, 0.15) is 49.7 Å². The van der Waals surface area contributed by atoms with Crippen LogP contribution in [0.2, 0.25) is 0 Å². The van der Waals surface area contributed by atoms with Gasteiger partial charge in [-0.2, -0.15) is 0 Å². The first-order chi connectivity index (χ1) is 9.60. The van der Waals surface area contributed by atoms with E-state index in [0.29, 0.717) is 5.41 Å². The normalized spacial score (nSPS) is 21.4. The van der Waals surface area contributed by atoms with E-state index in [-0.39, 0.29) is 5.84 Å². The fourth-order valence-electron chi connectivity index (χ4n) is 3.99. The maximum atomic E-state index is 7.80. The maximum Gasteiger partial charge on any atom is 0.124 e. The Hall–Kier alpha value is -1.51. The molecule has 108 valence electrons. The Balaban J connectivity index is 1.79. The number of nitrogens with zero attached hydrogens (tertiary/aromatic N) is 1. The van der Waals surface area contributed by atoms with Crippen molar-refractivity contribution in [1.82, 2.24) is 0 Å². The lowest BCUT2D eigenvalue weighted by Gasteiger charge is -2.41. The van der Waals surface area contributed by atoms with Crippen LogP contribution in [-0.2, 0) is 0 Å². The van der Waals surface area contributed by atoms with Gasteiger partial charge >= 0.3 is 0 Å². The number of nitrogens with two attached hydrogens (primary N) is 1. The largest absolute Gasteiger partial charge is 0.384 e. The number of hydrogen-bond acceptors (Lipinski definition) is 2. The number of hydrogen-bond donors (Lipinski definition) is 2. The van der Waals surface area contributed by atoms with Gasteiger partial charge in [0.15, 0.2) is 0 Å². The van der Waals surface area contributed by atoms with Gasteiger partial charge in [-0.3, -0.25) is 5.41 Å². The first-order valence-corrected chi connectivity index (χ1v) is 7.80. The van der Waals surface area contributed by atoms with E-state index < -0.39 is 0 Å². The third-order valence-electron chi connectivity index (χ3n) is 5.27. The van der Waals surface area contributed by atoms with Crippen LogP contribution in [0.25, 0.3) is 0 Å². The zero-order valence-corrected chi connectivity index (χ0v) is 12.4. The molecule has 0 radical (unpaired) electrons. The summed E-state index contributed by atoms with van der Waals surface area (Å²) in [5.41, 5.74) is 9.61. The number of rotatable bonds is 2. The summed E-state index contributed by atoms with van der Waals surface area (Å²) in [7, 11) is 0. The fourth-order valence-corrected chi connectivity index (χ4v) is 3.99. The van der Waals surface area contributed by atoms with E-state index in [2.05, 4.69) is 24.0 Å². The second-order valence-electron chi connectivity index (χ2n) is 6.63. The molecule has 2 aliphatic rings. The van der Waals surface area contributed by atoms with Crippen LogP contribution >= 0.6 is 0 Å². The molecule has 1 aromatic rings. The van der Waals surface area contributed by atoms with Gasteiger partial charge in [0.05, 0.1) is 0 Å². The minimum absolute atomic E-state index is 0.185. The SMILES string of the molecule is Cc1ccc(N2CCC3(CCCC3)CC2)c(C(=N)N)c1. The molecule has 3 nitrogen and oxygen atoms in total. The van der Waals surface area contributed by atoms with Crippen molar-refractivity contribution in [2.45, 2.75) is 45.4 Å². The Morgan fingerprint density at radius 1 is 1.15 bits per heavy atom. The molecule has 3 heteroatoms. The lowest BCUT2D eigenvalue weighted by Crippen LogP contribution is -2.39. The molecule has 1 aliphatic carbocycles. The highest BCUT2D eigenvalue weighted by Crippen LogP contribution is 2.46. The van der Waals surface area contributed by atoms with Gasteiger partial charge in [-0.1, -0.05) is 24.5 Å². The molecule has 1 heterocycles. The molecule has 1 saturated heterocycles. The lowest BCUT2D eigenvalue weighted by molar-refractivity contribution is 0.226. The molecular weight excluding hydrogens is 246 g/mol. The molecule has 20 heavy (non-hydrogen) atoms. The van der Waals surface area contributed by atoms with Crippen molar-refractivity contribution >= 4 is 11.5 Å². The van der Waals surface area contributed by atoms with Crippen LogP contribution < -0.4 is 10.6 Å². The summed E-state index contributed by atoms with van der Waals surface area (Å²) in [4.78, 5) is 2.43. The Morgan fingerprint density at radius 2 is 1.80 bits per heavy atom. The minimum Gasteiger partial charge on any atom is -0.384 e. The minimum atomic E-state index is 0.185. The Morgan fingerprint density at radius 3 is 2.40 bits per heavy atom. The average molecular weight is 271 g/mol. The highest BCUT2D eigenvalue weighted by Gasteiger charge is 2.37. The monoisotopic (exact) mass is 271 g/mol. The van der Waals surface area contributed by atoms with Crippen molar-refractivity contribution in [3.63, 3.8) is 0 Å². The first-order valence-electron chi connectivity index (χ1n) is 7.80. The summed E-state index contributed by atoms with van der Waals surface area (Å²) < 4.78 is 0. The van der Waals surface area contributed by atoms with Crippen molar-refractivity contribution in [3.05, 3.63) is 29.3 Å². The van der Waals surface area contributed by atoms with Gasteiger partial charge in [-0.15, -0.1) is 0 Å². The van der Waals surface area contributed by atoms with E-state index in [1.165, 1.54) is 44.1 Å².